The zero-order chi connectivity index (χ0) is 24.2. The van der Waals surface area contributed by atoms with Crippen LogP contribution in [-0.2, 0) is 21.4 Å². The number of aryl methyl sites for hydroxylation is 1. The normalized spacial score (nSPS) is 16.4. The number of piperidine rings is 1. The number of fused-ring (bicyclic) bond motifs is 1. The van der Waals surface area contributed by atoms with Crippen molar-refractivity contribution < 1.29 is 14.3 Å². The first-order valence-corrected chi connectivity index (χ1v) is 12.8. The van der Waals surface area contributed by atoms with Crippen LogP contribution in [0.5, 0.6) is 0 Å². The van der Waals surface area contributed by atoms with Gasteiger partial charge < -0.3 is 14.2 Å². The number of carbonyl (C=O) groups excluding carboxylic acids is 2. The molecule has 0 spiro atoms. The van der Waals surface area contributed by atoms with Crippen molar-refractivity contribution in [2.45, 2.75) is 29.6 Å². The lowest BCUT2D eigenvalue weighted by Crippen LogP contribution is -2.42. The fourth-order valence-corrected chi connectivity index (χ4v) is 5.58. The highest BCUT2D eigenvalue weighted by atomic mass is 35.5. The molecule has 1 aromatic heterocycles. The van der Waals surface area contributed by atoms with Crippen LogP contribution < -0.4 is 0 Å². The molecule has 178 valence electrons. The van der Waals surface area contributed by atoms with Crippen molar-refractivity contribution in [3.8, 4) is 0 Å². The highest BCUT2D eigenvalue weighted by Crippen LogP contribution is 2.40. The fourth-order valence-electron chi connectivity index (χ4n) is 4.10. The largest absolute Gasteiger partial charge is 0.466 e. The van der Waals surface area contributed by atoms with Crippen LogP contribution in [0.2, 0.25) is 10.0 Å². The van der Waals surface area contributed by atoms with Crippen molar-refractivity contribution in [3.05, 3.63) is 64.3 Å². The van der Waals surface area contributed by atoms with Gasteiger partial charge in [0.2, 0.25) is 5.91 Å². The van der Waals surface area contributed by atoms with Crippen LogP contribution in [0.3, 0.4) is 0 Å². The van der Waals surface area contributed by atoms with Gasteiger partial charge in [0.25, 0.3) is 0 Å². The molecule has 1 atom stereocenters. The quantitative estimate of drug-likeness (QED) is 0.279. The number of ether oxygens (including phenoxy) is 1. The summed E-state index contributed by atoms with van der Waals surface area (Å²) in [6.45, 7) is 3.12. The number of nitrogens with zero attached hydrogens (tertiary/aromatic N) is 2. The van der Waals surface area contributed by atoms with Gasteiger partial charge in [0.05, 0.1) is 22.6 Å². The van der Waals surface area contributed by atoms with Gasteiger partial charge in [-0.3, -0.25) is 9.59 Å². The summed E-state index contributed by atoms with van der Waals surface area (Å²) in [4.78, 5) is 28.4. The molecule has 1 saturated heterocycles. The SMILES string of the molecule is CCOC(=O)C1CCCN(C(=O)/C=C/c2ccc(Sc3ccc4c(ccn4C)c3)c(Cl)c2Cl)C1. The maximum absolute atomic E-state index is 12.7. The van der Waals surface area contributed by atoms with E-state index < -0.39 is 0 Å². The third-order valence-corrected chi connectivity index (χ3v) is 7.98. The second-order valence-corrected chi connectivity index (χ2v) is 10.1. The summed E-state index contributed by atoms with van der Waals surface area (Å²) in [5.41, 5.74) is 1.84. The number of carbonyl (C=O) groups is 2. The lowest BCUT2D eigenvalue weighted by molar-refractivity contribution is -0.150. The van der Waals surface area contributed by atoms with Crippen molar-refractivity contribution in [1.82, 2.24) is 9.47 Å². The minimum absolute atomic E-state index is 0.157. The van der Waals surface area contributed by atoms with E-state index in [1.54, 1.807) is 29.7 Å². The molecule has 1 aliphatic heterocycles. The first-order chi connectivity index (χ1) is 16.4. The highest BCUT2D eigenvalue weighted by Gasteiger charge is 2.28. The minimum Gasteiger partial charge on any atom is -0.466 e. The summed E-state index contributed by atoms with van der Waals surface area (Å²) in [5.74, 6) is -0.662. The van der Waals surface area contributed by atoms with Crippen molar-refractivity contribution in [1.29, 1.82) is 0 Å². The summed E-state index contributed by atoms with van der Waals surface area (Å²) in [5, 5.41) is 2.02. The first-order valence-electron chi connectivity index (χ1n) is 11.2. The van der Waals surface area contributed by atoms with E-state index in [-0.39, 0.29) is 17.8 Å². The second-order valence-electron chi connectivity index (χ2n) is 8.24. The number of benzene rings is 2. The molecule has 0 bridgehead atoms. The third kappa shape index (κ3) is 5.45. The molecule has 2 aromatic carbocycles. The minimum atomic E-state index is -0.268. The molecule has 2 heterocycles. The Morgan fingerprint density at radius 2 is 2.00 bits per heavy atom. The number of hydrogen-bond acceptors (Lipinski definition) is 4. The van der Waals surface area contributed by atoms with E-state index >= 15 is 0 Å². The van der Waals surface area contributed by atoms with Gasteiger partial charge in [-0.05, 0) is 61.7 Å². The highest BCUT2D eigenvalue weighted by molar-refractivity contribution is 7.99. The van der Waals surface area contributed by atoms with E-state index in [1.807, 2.05) is 25.4 Å². The average Bonchev–Trinajstić information content (AvgIpc) is 3.21. The molecular formula is C26H26Cl2N2O3S. The molecule has 1 aliphatic rings. The molecule has 0 aliphatic carbocycles. The molecule has 3 aromatic rings. The van der Waals surface area contributed by atoms with Crippen LogP contribution >= 0.6 is 35.0 Å². The topological polar surface area (TPSA) is 51.5 Å². The van der Waals surface area contributed by atoms with E-state index in [0.29, 0.717) is 35.3 Å². The molecule has 1 unspecified atom stereocenters. The molecule has 5 nitrogen and oxygen atoms in total. The van der Waals surface area contributed by atoms with Gasteiger partial charge in [0.15, 0.2) is 0 Å². The molecule has 34 heavy (non-hydrogen) atoms. The predicted molar refractivity (Wildman–Crippen MR) is 138 cm³/mol. The van der Waals surface area contributed by atoms with Gasteiger partial charge >= 0.3 is 5.97 Å². The summed E-state index contributed by atoms with van der Waals surface area (Å²) in [6, 6.07) is 12.1. The standard InChI is InChI=1S/C26H26Cl2N2O3S/c1-3-33-26(32)19-5-4-13-30(16-19)23(31)11-7-17-6-10-22(25(28)24(17)27)34-20-8-9-21-18(15-20)12-14-29(21)2/h6-12,14-15,19H,3-5,13,16H2,1-2H3/b11-7+. The van der Waals surface area contributed by atoms with Crippen molar-refractivity contribution in [2.75, 3.05) is 19.7 Å². The van der Waals surface area contributed by atoms with Crippen LogP contribution in [0, 0.1) is 5.92 Å². The monoisotopic (exact) mass is 516 g/mol. The molecule has 0 N–H and O–H groups in total. The number of halogens is 2. The Balaban J connectivity index is 1.44. The maximum atomic E-state index is 12.7. The van der Waals surface area contributed by atoms with Gasteiger partial charge in [0.1, 0.15) is 0 Å². The summed E-state index contributed by atoms with van der Waals surface area (Å²) >= 11 is 14.7. The Morgan fingerprint density at radius 3 is 2.79 bits per heavy atom. The lowest BCUT2D eigenvalue weighted by Gasteiger charge is -2.30. The van der Waals surface area contributed by atoms with Crippen LogP contribution in [-0.4, -0.2) is 41.0 Å². The van der Waals surface area contributed by atoms with E-state index in [2.05, 4.69) is 28.8 Å². The van der Waals surface area contributed by atoms with Crippen LogP contribution in [0.25, 0.3) is 17.0 Å². The fraction of sp³-hybridized carbons (Fsp3) is 0.308. The van der Waals surface area contributed by atoms with Crippen molar-refractivity contribution >= 4 is 63.8 Å². The van der Waals surface area contributed by atoms with Crippen LogP contribution in [0.15, 0.2) is 58.5 Å². The van der Waals surface area contributed by atoms with Gasteiger partial charge in [0, 0.05) is 53.1 Å². The zero-order valence-electron chi connectivity index (χ0n) is 19.1. The van der Waals surface area contributed by atoms with E-state index in [1.165, 1.54) is 11.6 Å². The Kier molecular flexibility index (Phi) is 7.91. The van der Waals surface area contributed by atoms with Crippen molar-refractivity contribution in [2.24, 2.45) is 13.0 Å². The van der Waals surface area contributed by atoms with E-state index in [0.717, 1.165) is 28.0 Å². The van der Waals surface area contributed by atoms with Gasteiger partial charge in [-0.15, -0.1) is 0 Å². The molecule has 1 amide bonds. The number of rotatable bonds is 6. The summed E-state index contributed by atoms with van der Waals surface area (Å²) < 4.78 is 7.19. The van der Waals surface area contributed by atoms with Gasteiger partial charge in [-0.2, -0.15) is 0 Å². The maximum Gasteiger partial charge on any atom is 0.310 e. The molecular weight excluding hydrogens is 491 g/mol. The Hall–Kier alpha value is -2.41. The zero-order valence-corrected chi connectivity index (χ0v) is 21.4. The second kappa shape index (κ2) is 10.9. The Labute approximate surface area is 213 Å². The Morgan fingerprint density at radius 1 is 1.18 bits per heavy atom. The van der Waals surface area contributed by atoms with Gasteiger partial charge in [-0.25, -0.2) is 0 Å². The number of hydrogen-bond donors (Lipinski definition) is 0. The van der Waals surface area contributed by atoms with Gasteiger partial charge in [-0.1, -0.05) is 41.0 Å². The van der Waals surface area contributed by atoms with E-state index in [4.69, 9.17) is 27.9 Å². The third-order valence-electron chi connectivity index (χ3n) is 5.92. The molecule has 0 saturated carbocycles. The lowest BCUT2D eigenvalue weighted by atomic mass is 9.98. The first kappa shape index (κ1) is 24.7. The van der Waals surface area contributed by atoms with Crippen LogP contribution in [0.4, 0.5) is 0 Å². The van der Waals surface area contributed by atoms with E-state index in [9.17, 15) is 9.59 Å². The predicted octanol–water partition coefficient (Wildman–Crippen LogP) is 6.45. The number of amides is 1. The van der Waals surface area contributed by atoms with Crippen LogP contribution in [0.1, 0.15) is 25.3 Å². The Bertz CT molecular complexity index is 1250. The number of aromatic nitrogens is 1. The van der Waals surface area contributed by atoms with Crippen molar-refractivity contribution in [3.63, 3.8) is 0 Å². The number of esters is 1. The molecule has 0 radical (unpaired) electrons. The molecule has 8 heteroatoms. The average molecular weight is 517 g/mol. The number of likely N-dealkylation sites (tertiary alicyclic amines) is 1. The smallest absolute Gasteiger partial charge is 0.310 e. The summed E-state index contributed by atoms with van der Waals surface area (Å²) in [6.07, 6.45) is 6.71. The molecule has 1 fully saturated rings. The molecule has 4 rings (SSSR count). The summed E-state index contributed by atoms with van der Waals surface area (Å²) in [7, 11) is 2.02.